The van der Waals surface area contributed by atoms with Crippen LogP contribution in [-0.2, 0) is 0 Å². The van der Waals surface area contributed by atoms with Gasteiger partial charge < -0.3 is 5.32 Å². The molecule has 1 aromatic rings. The fourth-order valence-corrected chi connectivity index (χ4v) is 2.16. The highest BCUT2D eigenvalue weighted by Crippen LogP contribution is 2.37. The third-order valence-corrected chi connectivity index (χ3v) is 3.01. The molecule has 1 N–H and O–H groups in total. The van der Waals surface area contributed by atoms with Gasteiger partial charge in [-0.15, -0.1) is 0 Å². The molecule has 0 bridgehead atoms. The molecule has 0 saturated carbocycles. The predicted octanol–water partition coefficient (Wildman–Crippen LogP) is 3.16. The van der Waals surface area contributed by atoms with Crippen molar-refractivity contribution in [1.82, 2.24) is 0 Å². The van der Waals surface area contributed by atoms with Crippen LogP contribution in [0.3, 0.4) is 0 Å². The second-order valence-electron chi connectivity index (χ2n) is 4.27. The highest BCUT2D eigenvalue weighted by Gasteiger charge is 2.25. The van der Waals surface area contributed by atoms with Crippen LogP contribution < -0.4 is 5.32 Å². The Morgan fingerprint density at radius 2 is 2.15 bits per heavy atom. The maximum atomic E-state index is 3.50. The molecule has 0 spiro atoms. The number of rotatable bonds is 1. The summed E-state index contributed by atoms with van der Waals surface area (Å²) in [5.41, 5.74) is 4.26. The lowest BCUT2D eigenvalue weighted by Crippen LogP contribution is -2.08. The van der Waals surface area contributed by atoms with Crippen LogP contribution in [0.15, 0.2) is 18.2 Å². The van der Waals surface area contributed by atoms with Crippen molar-refractivity contribution in [1.29, 1.82) is 0 Å². The number of para-hydroxylation sites is 1. The summed E-state index contributed by atoms with van der Waals surface area (Å²) in [6.45, 7) is 7.87. The Bertz CT molecular complexity index is 315. The van der Waals surface area contributed by atoms with Crippen LogP contribution in [0.25, 0.3) is 0 Å². The first-order valence-electron chi connectivity index (χ1n) is 5.03. The number of hydrogen-bond acceptors (Lipinski definition) is 1. The summed E-state index contributed by atoms with van der Waals surface area (Å²) in [5.74, 6) is 1.44. The fourth-order valence-electron chi connectivity index (χ4n) is 2.16. The molecule has 1 aliphatic rings. The van der Waals surface area contributed by atoms with Gasteiger partial charge in [0.1, 0.15) is 0 Å². The molecule has 0 amide bonds. The van der Waals surface area contributed by atoms with Crippen LogP contribution in [0.2, 0.25) is 0 Å². The smallest absolute Gasteiger partial charge is 0.0406 e. The third kappa shape index (κ3) is 1.32. The van der Waals surface area contributed by atoms with E-state index in [0.29, 0.717) is 5.92 Å². The highest BCUT2D eigenvalue weighted by atomic mass is 14.9. The average molecular weight is 175 g/mol. The molecule has 13 heavy (non-hydrogen) atoms. The van der Waals surface area contributed by atoms with Gasteiger partial charge in [0.15, 0.2) is 0 Å². The lowest BCUT2D eigenvalue weighted by atomic mass is 9.90. The van der Waals surface area contributed by atoms with E-state index in [0.717, 1.165) is 12.5 Å². The molecular formula is C12H17N. The first-order valence-corrected chi connectivity index (χ1v) is 5.03. The molecule has 1 heteroatoms. The molecule has 0 saturated heterocycles. The van der Waals surface area contributed by atoms with Crippen LogP contribution >= 0.6 is 0 Å². The standard InChI is InChI=1S/C12H17N/c1-8(2)11-7-13-12-9(3)5-4-6-10(11)12/h4-6,8,11,13H,7H2,1-3H3/t11-/m1/s1. The van der Waals surface area contributed by atoms with Crippen molar-refractivity contribution < 1.29 is 0 Å². The Morgan fingerprint density at radius 3 is 2.85 bits per heavy atom. The van der Waals surface area contributed by atoms with Crippen molar-refractivity contribution >= 4 is 5.69 Å². The zero-order chi connectivity index (χ0) is 9.42. The van der Waals surface area contributed by atoms with Gasteiger partial charge in [-0.3, -0.25) is 0 Å². The normalized spacial score (nSPS) is 20.2. The summed E-state index contributed by atoms with van der Waals surface area (Å²) in [6.07, 6.45) is 0. The molecule has 0 radical (unpaired) electrons. The van der Waals surface area contributed by atoms with Crippen molar-refractivity contribution in [2.75, 3.05) is 11.9 Å². The van der Waals surface area contributed by atoms with Crippen LogP contribution in [0, 0.1) is 12.8 Å². The number of nitrogens with one attached hydrogen (secondary N) is 1. The van der Waals surface area contributed by atoms with E-state index in [1.807, 2.05) is 0 Å². The van der Waals surface area contributed by atoms with Gasteiger partial charge in [0.2, 0.25) is 0 Å². The summed E-state index contributed by atoms with van der Waals surface area (Å²) in [7, 11) is 0. The molecule has 1 nitrogen and oxygen atoms in total. The number of fused-ring (bicyclic) bond motifs is 1. The van der Waals surface area contributed by atoms with Gasteiger partial charge in [0, 0.05) is 18.2 Å². The van der Waals surface area contributed by atoms with E-state index in [-0.39, 0.29) is 0 Å². The van der Waals surface area contributed by atoms with Gasteiger partial charge in [-0.1, -0.05) is 32.0 Å². The SMILES string of the molecule is Cc1cccc2c1NC[C@@H]2C(C)C. The van der Waals surface area contributed by atoms with E-state index in [1.54, 1.807) is 0 Å². The Kier molecular flexibility index (Phi) is 2.03. The van der Waals surface area contributed by atoms with Gasteiger partial charge in [-0.25, -0.2) is 0 Å². The zero-order valence-corrected chi connectivity index (χ0v) is 8.59. The Balaban J connectivity index is 2.43. The van der Waals surface area contributed by atoms with Crippen molar-refractivity contribution in [3.05, 3.63) is 29.3 Å². The maximum absolute atomic E-state index is 3.50. The molecule has 2 rings (SSSR count). The molecule has 0 unspecified atom stereocenters. The third-order valence-electron chi connectivity index (χ3n) is 3.01. The molecule has 1 atom stereocenters. The Hall–Kier alpha value is -0.980. The largest absolute Gasteiger partial charge is 0.384 e. The topological polar surface area (TPSA) is 12.0 Å². The maximum Gasteiger partial charge on any atom is 0.0406 e. The number of benzene rings is 1. The van der Waals surface area contributed by atoms with E-state index in [2.05, 4.69) is 44.3 Å². The highest BCUT2D eigenvalue weighted by molar-refractivity contribution is 5.62. The number of hydrogen-bond donors (Lipinski definition) is 1. The van der Waals surface area contributed by atoms with E-state index in [4.69, 9.17) is 0 Å². The lowest BCUT2D eigenvalue weighted by Gasteiger charge is -2.13. The van der Waals surface area contributed by atoms with Crippen LogP contribution in [0.4, 0.5) is 5.69 Å². The van der Waals surface area contributed by atoms with E-state index in [9.17, 15) is 0 Å². The molecule has 0 aromatic heterocycles. The summed E-state index contributed by atoms with van der Waals surface area (Å²) in [6, 6.07) is 6.60. The first-order chi connectivity index (χ1) is 6.20. The minimum Gasteiger partial charge on any atom is -0.384 e. The molecule has 1 aromatic carbocycles. The summed E-state index contributed by atoms with van der Waals surface area (Å²) in [4.78, 5) is 0. The zero-order valence-electron chi connectivity index (χ0n) is 8.59. The van der Waals surface area contributed by atoms with Gasteiger partial charge in [0.05, 0.1) is 0 Å². The van der Waals surface area contributed by atoms with Crippen molar-refractivity contribution in [2.45, 2.75) is 26.7 Å². The van der Waals surface area contributed by atoms with Gasteiger partial charge in [-0.05, 0) is 24.0 Å². The van der Waals surface area contributed by atoms with Crippen LogP contribution in [-0.4, -0.2) is 6.54 Å². The monoisotopic (exact) mass is 175 g/mol. The van der Waals surface area contributed by atoms with E-state index >= 15 is 0 Å². The molecule has 70 valence electrons. The summed E-state index contributed by atoms with van der Waals surface area (Å²) < 4.78 is 0. The molecule has 1 heterocycles. The Morgan fingerprint density at radius 1 is 1.38 bits per heavy atom. The summed E-state index contributed by atoms with van der Waals surface area (Å²) >= 11 is 0. The molecule has 1 aliphatic heterocycles. The quantitative estimate of drug-likeness (QED) is 0.691. The number of aryl methyl sites for hydroxylation is 1. The van der Waals surface area contributed by atoms with Crippen molar-refractivity contribution in [2.24, 2.45) is 5.92 Å². The molecule has 0 aliphatic carbocycles. The lowest BCUT2D eigenvalue weighted by molar-refractivity contribution is 0.533. The van der Waals surface area contributed by atoms with E-state index < -0.39 is 0 Å². The number of anilines is 1. The second kappa shape index (κ2) is 3.06. The van der Waals surface area contributed by atoms with Crippen molar-refractivity contribution in [3.63, 3.8) is 0 Å². The first kappa shape index (κ1) is 8.61. The summed E-state index contributed by atoms with van der Waals surface area (Å²) in [5, 5.41) is 3.50. The fraction of sp³-hybridized carbons (Fsp3) is 0.500. The van der Waals surface area contributed by atoms with Gasteiger partial charge in [-0.2, -0.15) is 0 Å². The average Bonchev–Trinajstić information content (AvgIpc) is 2.48. The predicted molar refractivity (Wildman–Crippen MR) is 57.2 cm³/mol. The van der Waals surface area contributed by atoms with Crippen molar-refractivity contribution in [3.8, 4) is 0 Å². The van der Waals surface area contributed by atoms with Gasteiger partial charge >= 0.3 is 0 Å². The molecule has 0 fully saturated rings. The minimum absolute atomic E-state index is 0.704. The van der Waals surface area contributed by atoms with Gasteiger partial charge in [0.25, 0.3) is 0 Å². The minimum atomic E-state index is 0.704. The second-order valence-corrected chi connectivity index (χ2v) is 4.27. The molecular weight excluding hydrogens is 158 g/mol. The van der Waals surface area contributed by atoms with Crippen LogP contribution in [0.1, 0.15) is 30.9 Å². The Labute approximate surface area is 80.2 Å². The van der Waals surface area contributed by atoms with E-state index in [1.165, 1.54) is 16.8 Å². The van der Waals surface area contributed by atoms with Crippen LogP contribution in [0.5, 0.6) is 0 Å².